The van der Waals surface area contributed by atoms with Crippen LogP contribution in [0.5, 0.6) is 5.75 Å². The molecule has 2 saturated carbocycles. The largest absolute Gasteiger partial charge is 0.495 e. The lowest BCUT2D eigenvalue weighted by Crippen LogP contribution is -2.41. The third-order valence-electron chi connectivity index (χ3n) is 8.36. The van der Waals surface area contributed by atoms with Gasteiger partial charge in [-0.2, -0.15) is 4.98 Å². The minimum absolute atomic E-state index is 0.0671. The summed E-state index contributed by atoms with van der Waals surface area (Å²) in [6, 6.07) is 5.67. The summed E-state index contributed by atoms with van der Waals surface area (Å²) in [7, 11) is 3.36. The Morgan fingerprint density at radius 2 is 1.85 bits per heavy atom. The highest BCUT2D eigenvalue weighted by Crippen LogP contribution is 2.37. The smallest absolute Gasteiger partial charge is 0.251 e. The summed E-state index contributed by atoms with van der Waals surface area (Å²) in [5.74, 6) is 1.45. The lowest BCUT2D eigenvalue weighted by Gasteiger charge is -2.35. The molecule has 1 atom stereocenters. The van der Waals surface area contributed by atoms with E-state index >= 15 is 0 Å². The van der Waals surface area contributed by atoms with Gasteiger partial charge in [0.05, 0.1) is 31.0 Å². The van der Waals surface area contributed by atoms with Crippen LogP contribution in [0.2, 0.25) is 0 Å². The Balaban J connectivity index is 1.38. The van der Waals surface area contributed by atoms with Crippen LogP contribution in [-0.4, -0.2) is 65.8 Å². The third-order valence-corrected chi connectivity index (χ3v) is 8.36. The number of aromatic nitrogens is 2. The molecule has 0 bridgehead atoms. The Morgan fingerprint density at radius 1 is 1.10 bits per heavy atom. The van der Waals surface area contributed by atoms with E-state index in [1.165, 1.54) is 19.3 Å². The predicted molar refractivity (Wildman–Crippen MR) is 151 cm³/mol. The van der Waals surface area contributed by atoms with E-state index in [4.69, 9.17) is 9.72 Å². The monoisotopic (exact) mass is 536 g/mol. The van der Waals surface area contributed by atoms with Gasteiger partial charge in [-0.05, 0) is 56.7 Å². The van der Waals surface area contributed by atoms with E-state index in [0.29, 0.717) is 48.4 Å². The highest BCUT2D eigenvalue weighted by Gasteiger charge is 2.34. The topological polar surface area (TPSA) is 120 Å². The average molecular weight is 537 g/mol. The molecule has 0 spiro atoms. The summed E-state index contributed by atoms with van der Waals surface area (Å²) in [6.07, 6.45) is 10.2. The van der Waals surface area contributed by atoms with Crippen LogP contribution in [0.15, 0.2) is 24.4 Å². The van der Waals surface area contributed by atoms with Gasteiger partial charge in [0.25, 0.3) is 5.91 Å². The van der Waals surface area contributed by atoms with Gasteiger partial charge in [0.2, 0.25) is 11.9 Å². The molecule has 3 N–H and O–H groups in total. The molecule has 10 heteroatoms. The zero-order chi connectivity index (χ0) is 27.5. The Bertz CT molecular complexity index is 1190. The molecule has 1 aromatic carbocycles. The van der Waals surface area contributed by atoms with Crippen molar-refractivity contribution in [2.24, 2.45) is 5.92 Å². The number of ether oxygens (including phenoxy) is 1. The van der Waals surface area contributed by atoms with Crippen molar-refractivity contribution < 1.29 is 19.4 Å². The molecule has 210 valence electrons. The Hall–Kier alpha value is -3.40. The van der Waals surface area contributed by atoms with Gasteiger partial charge in [0.1, 0.15) is 11.4 Å². The fourth-order valence-electron chi connectivity index (χ4n) is 6.04. The van der Waals surface area contributed by atoms with Crippen molar-refractivity contribution in [1.82, 2.24) is 15.3 Å². The first-order valence-corrected chi connectivity index (χ1v) is 14.2. The maximum absolute atomic E-state index is 13.0. The van der Waals surface area contributed by atoms with E-state index in [1.807, 2.05) is 6.92 Å². The molecule has 1 aromatic heterocycles. The first kappa shape index (κ1) is 27.2. The van der Waals surface area contributed by atoms with Crippen molar-refractivity contribution in [1.29, 1.82) is 0 Å². The molecule has 2 aromatic rings. The van der Waals surface area contributed by atoms with Gasteiger partial charge in [-0.1, -0.05) is 26.2 Å². The second-order valence-electron chi connectivity index (χ2n) is 11.2. The molecule has 1 aliphatic heterocycles. The molecule has 1 unspecified atom stereocenters. The van der Waals surface area contributed by atoms with Gasteiger partial charge in [0.15, 0.2) is 5.82 Å². The Kier molecular flexibility index (Phi) is 8.20. The van der Waals surface area contributed by atoms with Crippen LogP contribution >= 0.6 is 0 Å². The molecule has 10 nitrogen and oxygen atoms in total. The number of carbonyl (C=O) groups excluding carboxylic acids is 2. The molecule has 39 heavy (non-hydrogen) atoms. The molecular formula is C29H40N6O4. The van der Waals surface area contributed by atoms with Crippen LogP contribution in [0, 0.1) is 5.92 Å². The number of rotatable bonds is 6. The lowest BCUT2D eigenvalue weighted by molar-refractivity contribution is -0.121. The maximum Gasteiger partial charge on any atom is 0.251 e. The van der Waals surface area contributed by atoms with Crippen LogP contribution in [0.1, 0.15) is 75.1 Å². The van der Waals surface area contributed by atoms with E-state index in [0.717, 1.165) is 37.2 Å². The van der Waals surface area contributed by atoms with E-state index < -0.39 is 0 Å². The number of aliphatic hydroxyl groups excluding tert-OH is 1. The number of hydrogen-bond donors (Lipinski definition) is 3. The number of amides is 2. The second kappa shape index (κ2) is 11.8. The second-order valence-corrected chi connectivity index (χ2v) is 11.2. The summed E-state index contributed by atoms with van der Waals surface area (Å²) < 4.78 is 5.61. The van der Waals surface area contributed by atoms with E-state index in [-0.39, 0.29) is 29.9 Å². The van der Waals surface area contributed by atoms with Gasteiger partial charge in [-0.15, -0.1) is 0 Å². The van der Waals surface area contributed by atoms with E-state index in [2.05, 4.69) is 20.5 Å². The highest BCUT2D eigenvalue weighted by molar-refractivity contribution is 5.99. The SMILES string of the molecule is COc1cc(C(=O)NC2CCC(O)CC2)ccc1Nc1ncc2c(n1)N(C1CCCCC1)CC(C)C(=O)N2C. The summed E-state index contributed by atoms with van der Waals surface area (Å²) >= 11 is 0. The van der Waals surface area contributed by atoms with Crippen LogP contribution in [-0.2, 0) is 4.79 Å². The number of benzene rings is 1. The van der Waals surface area contributed by atoms with Crippen molar-refractivity contribution in [2.45, 2.75) is 82.9 Å². The summed E-state index contributed by atoms with van der Waals surface area (Å²) in [5, 5.41) is 16.1. The number of hydrogen-bond acceptors (Lipinski definition) is 8. The first-order chi connectivity index (χ1) is 18.8. The number of fused-ring (bicyclic) bond motifs is 1. The number of anilines is 4. The van der Waals surface area contributed by atoms with Gasteiger partial charge in [-0.3, -0.25) is 9.59 Å². The first-order valence-electron chi connectivity index (χ1n) is 14.2. The van der Waals surface area contributed by atoms with E-state index in [9.17, 15) is 14.7 Å². The summed E-state index contributed by atoms with van der Waals surface area (Å²) in [6.45, 7) is 2.61. The lowest BCUT2D eigenvalue weighted by atomic mass is 9.93. The Morgan fingerprint density at radius 3 is 2.56 bits per heavy atom. The van der Waals surface area contributed by atoms with Crippen molar-refractivity contribution in [2.75, 3.05) is 35.8 Å². The minimum Gasteiger partial charge on any atom is -0.495 e. The number of methoxy groups -OCH3 is 1. The maximum atomic E-state index is 13.0. The number of nitrogens with one attached hydrogen (secondary N) is 2. The molecule has 2 heterocycles. The van der Waals surface area contributed by atoms with Gasteiger partial charge < -0.3 is 30.3 Å². The number of carbonyl (C=O) groups is 2. The van der Waals surface area contributed by atoms with Crippen molar-refractivity contribution in [3.8, 4) is 5.75 Å². The molecule has 0 saturated heterocycles. The van der Waals surface area contributed by atoms with Gasteiger partial charge in [0, 0.05) is 31.2 Å². The molecule has 5 rings (SSSR count). The normalized spacial score (nSPS) is 24.1. The molecular weight excluding hydrogens is 496 g/mol. The van der Waals surface area contributed by atoms with Crippen molar-refractivity contribution >= 4 is 35.0 Å². The van der Waals surface area contributed by atoms with E-state index in [1.54, 1.807) is 43.5 Å². The zero-order valence-electron chi connectivity index (χ0n) is 23.2. The molecule has 2 fully saturated rings. The van der Waals surface area contributed by atoms with Crippen LogP contribution in [0.4, 0.5) is 23.1 Å². The Labute approximate surface area is 230 Å². The predicted octanol–water partition coefficient (Wildman–Crippen LogP) is 4.01. The summed E-state index contributed by atoms with van der Waals surface area (Å²) in [5.41, 5.74) is 1.86. The van der Waals surface area contributed by atoms with Gasteiger partial charge in [-0.25, -0.2) is 4.98 Å². The van der Waals surface area contributed by atoms with Crippen LogP contribution < -0.4 is 25.2 Å². The zero-order valence-corrected chi connectivity index (χ0v) is 23.2. The molecule has 3 aliphatic rings. The standard InChI is InChI=1S/C29H40N6O4/c1-18-17-35(21-7-5-4-6-8-21)26-24(34(2)28(18)38)16-30-29(33-26)32-23-14-9-19(15-25(23)39-3)27(37)31-20-10-12-22(36)13-11-20/h9,14-16,18,20-22,36H,4-8,10-13,17H2,1-3H3,(H,31,37)(H,30,32,33). The average Bonchev–Trinajstić information content (AvgIpc) is 3.05. The molecule has 0 radical (unpaired) electrons. The van der Waals surface area contributed by atoms with Crippen molar-refractivity contribution in [3.05, 3.63) is 30.0 Å². The minimum atomic E-state index is -0.266. The van der Waals surface area contributed by atoms with Gasteiger partial charge >= 0.3 is 0 Å². The molecule has 2 amide bonds. The fraction of sp³-hybridized carbons (Fsp3) is 0.586. The molecule has 2 aliphatic carbocycles. The number of nitrogens with zero attached hydrogens (tertiary/aromatic N) is 4. The van der Waals surface area contributed by atoms with Crippen molar-refractivity contribution in [3.63, 3.8) is 0 Å². The third kappa shape index (κ3) is 5.95. The van der Waals surface area contributed by atoms with Crippen LogP contribution in [0.3, 0.4) is 0 Å². The fourth-order valence-corrected chi connectivity index (χ4v) is 6.04. The quantitative estimate of drug-likeness (QED) is 0.507. The highest BCUT2D eigenvalue weighted by atomic mass is 16.5. The number of aliphatic hydroxyl groups is 1. The summed E-state index contributed by atoms with van der Waals surface area (Å²) in [4.78, 5) is 39.3. The van der Waals surface area contributed by atoms with Crippen LogP contribution in [0.25, 0.3) is 0 Å².